The maximum atomic E-state index is 13.2. The van der Waals surface area contributed by atoms with E-state index in [1.54, 1.807) is 34.1 Å². The van der Waals surface area contributed by atoms with Gasteiger partial charge in [0, 0.05) is 35.9 Å². The maximum absolute atomic E-state index is 13.2. The van der Waals surface area contributed by atoms with Crippen molar-refractivity contribution in [2.24, 2.45) is 11.8 Å². The third kappa shape index (κ3) is 3.95. The first-order valence-corrected chi connectivity index (χ1v) is 10.6. The first-order valence-electron chi connectivity index (χ1n) is 10.6. The molecular weight excluding hydrogens is 378 g/mol. The Bertz CT molecular complexity index is 959. The van der Waals surface area contributed by atoms with Crippen LogP contribution in [0.3, 0.4) is 0 Å². The van der Waals surface area contributed by atoms with Gasteiger partial charge in [0.05, 0.1) is 0 Å². The van der Waals surface area contributed by atoms with Crippen molar-refractivity contribution in [2.45, 2.75) is 32.7 Å². The van der Waals surface area contributed by atoms with Crippen molar-refractivity contribution in [2.75, 3.05) is 23.3 Å². The third-order valence-electron chi connectivity index (χ3n) is 6.05. The Hall–Kier alpha value is -3.15. The zero-order valence-electron chi connectivity index (χ0n) is 17.4. The number of para-hydroxylation sites is 1. The second kappa shape index (κ2) is 8.30. The molecule has 1 saturated carbocycles. The van der Waals surface area contributed by atoms with E-state index >= 15 is 0 Å². The van der Waals surface area contributed by atoms with Gasteiger partial charge in [-0.1, -0.05) is 31.2 Å². The molecule has 2 fully saturated rings. The predicted molar refractivity (Wildman–Crippen MR) is 116 cm³/mol. The van der Waals surface area contributed by atoms with Crippen LogP contribution in [0.1, 0.15) is 37.0 Å². The number of likely N-dealkylation sites (N-methyl/N-ethyl adjacent to an activating group) is 1. The Balaban J connectivity index is 1.48. The van der Waals surface area contributed by atoms with Crippen LogP contribution in [0, 0.1) is 11.8 Å². The Kier molecular flexibility index (Phi) is 5.57. The Labute approximate surface area is 176 Å². The summed E-state index contributed by atoms with van der Waals surface area (Å²) in [7, 11) is 0. The molecule has 6 nitrogen and oxygen atoms in total. The molecule has 0 radical (unpaired) electrons. The van der Waals surface area contributed by atoms with Crippen LogP contribution in [-0.2, 0) is 9.59 Å². The quantitative estimate of drug-likeness (QED) is 0.799. The third-order valence-corrected chi connectivity index (χ3v) is 6.05. The molecule has 1 N–H and O–H groups in total. The molecule has 6 heteroatoms. The zero-order chi connectivity index (χ0) is 21.3. The van der Waals surface area contributed by atoms with Crippen molar-refractivity contribution in [3.05, 3.63) is 60.2 Å². The number of nitrogens with zero attached hydrogens (tertiary/aromatic N) is 2. The molecule has 0 aromatic heterocycles. The van der Waals surface area contributed by atoms with Gasteiger partial charge in [-0.05, 0) is 56.0 Å². The maximum Gasteiger partial charge on any atom is 0.254 e. The molecule has 0 bridgehead atoms. The van der Waals surface area contributed by atoms with Crippen molar-refractivity contribution < 1.29 is 14.4 Å². The van der Waals surface area contributed by atoms with Gasteiger partial charge in [-0.3, -0.25) is 14.4 Å². The average molecular weight is 405 g/mol. The monoisotopic (exact) mass is 405 g/mol. The fourth-order valence-corrected chi connectivity index (χ4v) is 4.14. The van der Waals surface area contributed by atoms with Gasteiger partial charge in [0.2, 0.25) is 11.8 Å². The number of nitrogens with one attached hydrogen (secondary N) is 1. The molecule has 1 aliphatic carbocycles. The molecule has 1 heterocycles. The number of hydrogen-bond acceptors (Lipinski definition) is 3. The van der Waals surface area contributed by atoms with E-state index in [0.29, 0.717) is 36.7 Å². The van der Waals surface area contributed by atoms with Crippen molar-refractivity contribution in [3.8, 4) is 0 Å². The highest BCUT2D eigenvalue weighted by molar-refractivity contribution is 6.04. The van der Waals surface area contributed by atoms with Gasteiger partial charge in [0.25, 0.3) is 5.91 Å². The van der Waals surface area contributed by atoms with E-state index in [2.05, 4.69) is 12.2 Å². The minimum Gasteiger partial charge on any atom is -0.327 e. The largest absolute Gasteiger partial charge is 0.327 e. The van der Waals surface area contributed by atoms with E-state index in [4.69, 9.17) is 0 Å². The first-order chi connectivity index (χ1) is 14.5. The van der Waals surface area contributed by atoms with E-state index in [1.807, 2.05) is 37.3 Å². The lowest BCUT2D eigenvalue weighted by Crippen LogP contribution is -2.45. The van der Waals surface area contributed by atoms with Crippen molar-refractivity contribution >= 4 is 29.1 Å². The summed E-state index contributed by atoms with van der Waals surface area (Å²) in [4.78, 5) is 41.9. The second-order valence-corrected chi connectivity index (χ2v) is 8.11. The summed E-state index contributed by atoms with van der Waals surface area (Å²) in [6.07, 6.45) is 1.51. The number of amides is 3. The van der Waals surface area contributed by atoms with E-state index < -0.39 is 6.04 Å². The molecule has 2 aromatic rings. The Morgan fingerprint density at radius 3 is 2.53 bits per heavy atom. The molecule has 2 aromatic carbocycles. The number of rotatable bonds is 6. The molecule has 3 unspecified atom stereocenters. The van der Waals surface area contributed by atoms with Gasteiger partial charge in [0.15, 0.2) is 0 Å². The van der Waals surface area contributed by atoms with Gasteiger partial charge in [-0.15, -0.1) is 0 Å². The van der Waals surface area contributed by atoms with E-state index in [1.165, 1.54) is 0 Å². The summed E-state index contributed by atoms with van der Waals surface area (Å²) in [5.41, 5.74) is 1.95. The van der Waals surface area contributed by atoms with Crippen LogP contribution in [0.2, 0.25) is 0 Å². The highest BCUT2D eigenvalue weighted by Crippen LogP contribution is 2.38. The molecule has 1 aliphatic heterocycles. The molecule has 0 spiro atoms. The Morgan fingerprint density at radius 1 is 1.13 bits per heavy atom. The summed E-state index contributed by atoms with van der Waals surface area (Å²) in [5.74, 6) is 0.247. The van der Waals surface area contributed by atoms with Gasteiger partial charge >= 0.3 is 0 Å². The van der Waals surface area contributed by atoms with E-state index in [0.717, 1.165) is 12.1 Å². The summed E-state index contributed by atoms with van der Waals surface area (Å²) in [5, 5.41) is 2.91. The SMILES string of the molecule is CCN(C(=O)c1cccc(NC(=O)C2CC2C)c1)C1CCN(c2ccccc2)C1=O. The minimum atomic E-state index is -0.478. The number of carbonyl (C=O) groups is 3. The average Bonchev–Trinajstić information content (AvgIpc) is 3.39. The van der Waals surface area contributed by atoms with Gasteiger partial charge < -0.3 is 15.1 Å². The zero-order valence-corrected chi connectivity index (χ0v) is 17.4. The minimum absolute atomic E-state index is 0.00363. The van der Waals surface area contributed by atoms with Gasteiger partial charge in [-0.2, -0.15) is 0 Å². The highest BCUT2D eigenvalue weighted by atomic mass is 16.2. The van der Waals surface area contributed by atoms with Crippen LogP contribution in [0.25, 0.3) is 0 Å². The fourth-order valence-electron chi connectivity index (χ4n) is 4.14. The van der Waals surface area contributed by atoms with Crippen molar-refractivity contribution in [3.63, 3.8) is 0 Å². The normalized spacial score (nSPS) is 22.7. The summed E-state index contributed by atoms with van der Waals surface area (Å²) < 4.78 is 0. The van der Waals surface area contributed by atoms with Crippen molar-refractivity contribution in [1.82, 2.24) is 4.90 Å². The number of carbonyl (C=O) groups excluding carboxylic acids is 3. The molecule has 1 saturated heterocycles. The first kappa shape index (κ1) is 20.1. The lowest BCUT2D eigenvalue weighted by Gasteiger charge is -2.27. The standard InChI is InChI=1S/C24H27N3O3/c1-3-26(21-12-13-27(24(21)30)19-10-5-4-6-11-19)23(29)17-8-7-9-18(15-17)25-22(28)20-14-16(20)2/h4-11,15-16,20-21H,3,12-14H2,1-2H3,(H,25,28). The van der Waals surface area contributed by atoms with Crippen LogP contribution >= 0.6 is 0 Å². The Morgan fingerprint density at radius 2 is 1.87 bits per heavy atom. The smallest absolute Gasteiger partial charge is 0.254 e. The number of benzene rings is 2. The topological polar surface area (TPSA) is 69.7 Å². The van der Waals surface area contributed by atoms with Gasteiger partial charge in [0.1, 0.15) is 6.04 Å². The molecule has 3 amide bonds. The van der Waals surface area contributed by atoms with Crippen LogP contribution < -0.4 is 10.2 Å². The molecule has 156 valence electrons. The lowest BCUT2D eigenvalue weighted by molar-refractivity contribution is -0.121. The summed E-state index contributed by atoms with van der Waals surface area (Å²) in [6.45, 7) is 4.97. The van der Waals surface area contributed by atoms with Crippen LogP contribution in [0.5, 0.6) is 0 Å². The van der Waals surface area contributed by atoms with Crippen LogP contribution in [0.4, 0.5) is 11.4 Å². The number of hydrogen-bond donors (Lipinski definition) is 1. The second-order valence-electron chi connectivity index (χ2n) is 8.11. The molecule has 3 atom stereocenters. The molecule has 4 rings (SSSR count). The number of anilines is 2. The summed E-state index contributed by atoms with van der Waals surface area (Å²) >= 11 is 0. The van der Waals surface area contributed by atoms with Crippen LogP contribution in [0.15, 0.2) is 54.6 Å². The lowest BCUT2D eigenvalue weighted by atomic mass is 10.1. The van der Waals surface area contributed by atoms with Crippen molar-refractivity contribution in [1.29, 1.82) is 0 Å². The van der Waals surface area contributed by atoms with Gasteiger partial charge in [-0.25, -0.2) is 0 Å². The predicted octanol–water partition coefficient (Wildman–Crippen LogP) is 3.55. The van der Waals surface area contributed by atoms with E-state index in [-0.39, 0.29) is 23.6 Å². The molecular formula is C24H27N3O3. The van der Waals surface area contributed by atoms with E-state index in [9.17, 15) is 14.4 Å². The molecule has 2 aliphatic rings. The summed E-state index contributed by atoms with van der Waals surface area (Å²) in [6, 6.07) is 16.0. The molecule has 30 heavy (non-hydrogen) atoms. The highest BCUT2D eigenvalue weighted by Gasteiger charge is 2.40. The fraction of sp³-hybridized carbons (Fsp3) is 0.375. The van der Waals surface area contributed by atoms with Crippen LogP contribution in [-0.4, -0.2) is 41.8 Å².